The first-order valence-corrected chi connectivity index (χ1v) is 13.4. The maximum absolute atomic E-state index is 15.5. The van der Waals surface area contributed by atoms with Crippen molar-refractivity contribution in [2.75, 3.05) is 0 Å². The van der Waals surface area contributed by atoms with E-state index in [1.54, 1.807) is 0 Å². The third-order valence-electron chi connectivity index (χ3n) is 7.03. The van der Waals surface area contributed by atoms with E-state index in [2.05, 4.69) is 15.0 Å². The van der Waals surface area contributed by atoms with Gasteiger partial charge < -0.3 is 18.8 Å². The number of carboxylic acid groups (broad SMARTS) is 1. The SMILES string of the molecule is N#Cc1cc(F)c(COc2cccc(-c3cc(F)c(Cc4nc5c(F)cc(C(=O)O)cc5n4Cc4ncco4)cc3F)n2)cc1F. The Morgan fingerprint density at radius 2 is 1.72 bits per heavy atom. The van der Waals surface area contributed by atoms with Gasteiger partial charge in [-0.2, -0.15) is 5.26 Å². The van der Waals surface area contributed by atoms with Crippen molar-refractivity contribution in [1.82, 2.24) is 19.5 Å². The smallest absolute Gasteiger partial charge is 0.335 e. The quantitative estimate of drug-likeness (QED) is 0.178. The van der Waals surface area contributed by atoms with Crippen molar-refractivity contribution in [1.29, 1.82) is 5.26 Å². The zero-order valence-corrected chi connectivity index (χ0v) is 23.3. The van der Waals surface area contributed by atoms with Gasteiger partial charge in [0.25, 0.3) is 0 Å². The minimum Gasteiger partial charge on any atom is -0.478 e. The number of hydrogen-bond acceptors (Lipinski definition) is 7. The third kappa shape index (κ3) is 5.85. The zero-order chi connectivity index (χ0) is 32.5. The summed E-state index contributed by atoms with van der Waals surface area (Å²) in [5.74, 6) is -5.60. The lowest BCUT2D eigenvalue weighted by atomic mass is 10.0. The summed E-state index contributed by atoms with van der Waals surface area (Å²) in [4.78, 5) is 24.0. The van der Waals surface area contributed by atoms with Crippen LogP contribution in [0.15, 0.2) is 71.5 Å². The summed E-state index contributed by atoms with van der Waals surface area (Å²) in [6, 6.07) is 11.2. The predicted molar refractivity (Wildman–Crippen MR) is 150 cm³/mol. The van der Waals surface area contributed by atoms with Gasteiger partial charge in [0, 0.05) is 23.6 Å². The highest BCUT2D eigenvalue weighted by molar-refractivity contribution is 5.92. The fraction of sp³-hybridized carbons (Fsp3) is 0.0938. The zero-order valence-electron chi connectivity index (χ0n) is 23.3. The summed E-state index contributed by atoms with van der Waals surface area (Å²) in [6.45, 7) is -0.553. The fourth-order valence-corrected chi connectivity index (χ4v) is 4.80. The second-order valence-electron chi connectivity index (χ2n) is 9.96. The Balaban J connectivity index is 1.30. The Kier molecular flexibility index (Phi) is 7.89. The van der Waals surface area contributed by atoms with Crippen molar-refractivity contribution < 1.29 is 41.0 Å². The maximum atomic E-state index is 15.5. The van der Waals surface area contributed by atoms with Gasteiger partial charge in [-0.05, 0) is 48.0 Å². The molecule has 0 aliphatic rings. The first-order valence-electron chi connectivity index (χ1n) is 13.4. The average molecular weight is 632 g/mol. The molecule has 6 aromatic rings. The number of hydrogen-bond donors (Lipinski definition) is 1. The van der Waals surface area contributed by atoms with Gasteiger partial charge in [0.2, 0.25) is 11.8 Å². The van der Waals surface area contributed by atoms with Gasteiger partial charge in [0.05, 0.1) is 28.5 Å². The topological polar surface area (TPSA) is 127 Å². The van der Waals surface area contributed by atoms with Crippen LogP contribution in [-0.4, -0.2) is 30.6 Å². The molecule has 14 heteroatoms. The fourth-order valence-electron chi connectivity index (χ4n) is 4.80. The van der Waals surface area contributed by atoms with E-state index in [1.165, 1.54) is 47.4 Å². The van der Waals surface area contributed by atoms with Gasteiger partial charge in [0.15, 0.2) is 5.82 Å². The summed E-state index contributed by atoms with van der Waals surface area (Å²) in [6.07, 6.45) is 2.37. The molecule has 0 aliphatic heterocycles. The van der Waals surface area contributed by atoms with Crippen molar-refractivity contribution in [2.24, 2.45) is 0 Å². The number of nitriles is 1. The molecule has 0 saturated heterocycles. The minimum absolute atomic E-state index is 0.0219. The van der Waals surface area contributed by atoms with Crippen LogP contribution in [0, 0.1) is 40.4 Å². The van der Waals surface area contributed by atoms with E-state index in [0.717, 1.165) is 30.3 Å². The van der Waals surface area contributed by atoms with Crippen LogP contribution in [0.3, 0.4) is 0 Å². The molecular weight excluding hydrogens is 613 g/mol. The molecule has 6 rings (SSSR count). The number of carboxylic acids is 1. The molecule has 9 nitrogen and oxygen atoms in total. The molecule has 0 fully saturated rings. The van der Waals surface area contributed by atoms with Crippen LogP contribution < -0.4 is 4.74 Å². The summed E-state index contributed by atoms with van der Waals surface area (Å²) in [5, 5.41) is 18.3. The molecule has 0 aliphatic carbocycles. The van der Waals surface area contributed by atoms with Gasteiger partial charge in [-0.3, -0.25) is 0 Å². The molecule has 3 heterocycles. The maximum Gasteiger partial charge on any atom is 0.335 e. The number of aromatic carboxylic acids is 1. The lowest BCUT2D eigenvalue weighted by Crippen LogP contribution is -2.08. The van der Waals surface area contributed by atoms with Crippen LogP contribution in [-0.2, 0) is 19.6 Å². The van der Waals surface area contributed by atoms with Crippen LogP contribution >= 0.6 is 0 Å². The molecule has 0 amide bonds. The number of carbonyl (C=O) groups is 1. The largest absolute Gasteiger partial charge is 0.478 e. The van der Waals surface area contributed by atoms with Crippen LogP contribution in [0.4, 0.5) is 22.0 Å². The first-order chi connectivity index (χ1) is 22.1. The highest BCUT2D eigenvalue weighted by Crippen LogP contribution is 2.29. The van der Waals surface area contributed by atoms with E-state index < -0.39 is 47.2 Å². The Hall–Kier alpha value is -6.10. The standard InChI is InChI=1S/C32H18F5N5O4/c33-21-9-19(22(34)8-18(21)13-38)15-46-29-3-1-2-26(40-29)20-12-23(35)16(6-24(20)36)11-28-41-31-25(37)7-17(32(43)44)10-27(31)42(28)14-30-39-4-5-45-30/h1-10,12H,11,14-15H2,(H,43,44). The van der Waals surface area contributed by atoms with Crippen molar-refractivity contribution in [3.63, 3.8) is 0 Å². The molecule has 46 heavy (non-hydrogen) atoms. The Labute approximate surface area is 255 Å². The van der Waals surface area contributed by atoms with Gasteiger partial charge >= 0.3 is 5.97 Å². The summed E-state index contributed by atoms with van der Waals surface area (Å²) >= 11 is 0. The molecule has 0 unspecified atom stereocenters. The summed E-state index contributed by atoms with van der Waals surface area (Å²) < 4.78 is 86.1. The number of aromatic nitrogens is 4. The van der Waals surface area contributed by atoms with Gasteiger partial charge in [-0.1, -0.05) is 6.07 Å². The predicted octanol–water partition coefficient (Wildman–Crippen LogP) is 6.57. The molecule has 1 N–H and O–H groups in total. The normalized spacial score (nSPS) is 11.1. The van der Waals surface area contributed by atoms with Gasteiger partial charge in [0.1, 0.15) is 60.1 Å². The second-order valence-corrected chi connectivity index (χ2v) is 9.96. The van der Waals surface area contributed by atoms with Crippen LogP contribution in [0.1, 0.15) is 38.8 Å². The van der Waals surface area contributed by atoms with E-state index in [1.807, 2.05) is 0 Å². The van der Waals surface area contributed by atoms with Crippen LogP contribution in [0.25, 0.3) is 22.3 Å². The van der Waals surface area contributed by atoms with Gasteiger partial charge in [-0.25, -0.2) is 41.7 Å². The lowest BCUT2D eigenvalue weighted by molar-refractivity contribution is 0.0696. The van der Waals surface area contributed by atoms with Crippen molar-refractivity contribution >= 4 is 17.0 Å². The van der Waals surface area contributed by atoms with E-state index in [-0.39, 0.29) is 69.5 Å². The number of halogens is 5. The monoisotopic (exact) mass is 631 g/mol. The number of oxazole rings is 1. The van der Waals surface area contributed by atoms with E-state index in [0.29, 0.717) is 0 Å². The van der Waals surface area contributed by atoms with Gasteiger partial charge in [-0.15, -0.1) is 0 Å². The number of rotatable bonds is 9. The second kappa shape index (κ2) is 12.1. The molecule has 3 aromatic heterocycles. The molecular formula is C32H18F5N5O4. The number of fused-ring (bicyclic) bond motifs is 1. The van der Waals surface area contributed by atoms with Crippen molar-refractivity contribution in [2.45, 2.75) is 19.6 Å². The Morgan fingerprint density at radius 1 is 0.935 bits per heavy atom. The molecule has 0 radical (unpaired) electrons. The summed E-state index contributed by atoms with van der Waals surface area (Å²) in [5.41, 5.74) is -1.46. The minimum atomic E-state index is -1.37. The van der Waals surface area contributed by atoms with E-state index in [4.69, 9.17) is 14.4 Å². The number of benzene rings is 3. The van der Waals surface area contributed by atoms with E-state index >= 15 is 8.78 Å². The number of nitrogens with zero attached hydrogens (tertiary/aromatic N) is 5. The average Bonchev–Trinajstić information content (AvgIpc) is 3.67. The molecule has 0 bridgehead atoms. The number of pyridine rings is 1. The molecule has 0 atom stereocenters. The van der Waals surface area contributed by atoms with Crippen molar-refractivity contribution in [3.8, 4) is 23.2 Å². The highest BCUT2D eigenvalue weighted by Gasteiger charge is 2.22. The highest BCUT2D eigenvalue weighted by atomic mass is 19.1. The summed E-state index contributed by atoms with van der Waals surface area (Å²) in [7, 11) is 0. The molecule has 230 valence electrons. The van der Waals surface area contributed by atoms with Crippen LogP contribution in [0.5, 0.6) is 5.88 Å². The number of imidazole rings is 1. The first kappa shape index (κ1) is 29.9. The van der Waals surface area contributed by atoms with E-state index in [9.17, 15) is 23.1 Å². The van der Waals surface area contributed by atoms with Crippen molar-refractivity contribution in [3.05, 3.63) is 130 Å². The molecule has 3 aromatic carbocycles. The third-order valence-corrected chi connectivity index (χ3v) is 7.03. The molecule has 0 saturated carbocycles. The lowest BCUT2D eigenvalue weighted by Gasteiger charge is -2.11. The molecule has 0 spiro atoms. The Bertz CT molecular complexity index is 2180. The van der Waals surface area contributed by atoms with Crippen LogP contribution in [0.2, 0.25) is 0 Å². The number of ether oxygens (including phenoxy) is 1. The Morgan fingerprint density at radius 3 is 2.46 bits per heavy atom.